The van der Waals surface area contributed by atoms with E-state index in [1.807, 2.05) is 0 Å². The maximum absolute atomic E-state index is 2.55. The minimum atomic E-state index is 0.625. The summed E-state index contributed by atoms with van der Waals surface area (Å²) in [6, 6.07) is 10.4. The maximum atomic E-state index is 2.55. The fraction of sp³-hybridized carbons (Fsp3) is 0.647. The van der Waals surface area contributed by atoms with Crippen molar-refractivity contribution in [2.24, 2.45) is 0 Å². The largest absolute Gasteiger partial charge is 0.298 e. The van der Waals surface area contributed by atoms with Crippen LogP contribution in [0.4, 0.5) is 0 Å². The highest BCUT2D eigenvalue weighted by Gasteiger charge is 2.12. The van der Waals surface area contributed by atoms with E-state index in [9.17, 15) is 0 Å². The van der Waals surface area contributed by atoms with Crippen molar-refractivity contribution in [2.45, 2.75) is 66.0 Å². The van der Waals surface area contributed by atoms with Crippen LogP contribution in [0.1, 0.15) is 58.6 Å². The summed E-state index contributed by atoms with van der Waals surface area (Å²) in [7, 11) is 0. The average molecular weight is 247 g/mol. The van der Waals surface area contributed by atoms with Crippen LogP contribution in [0.5, 0.6) is 0 Å². The third-order valence-corrected chi connectivity index (χ3v) is 3.63. The molecule has 0 fully saturated rings. The third-order valence-electron chi connectivity index (χ3n) is 3.63. The zero-order chi connectivity index (χ0) is 13.7. The summed E-state index contributed by atoms with van der Waals surface area (Å²) < 4.78 is 0. The first-order valence-electron chi connectivity index (χ1n) is 7.26. The molecule has 0 amide bonds. The molecule has 1 rings (SSSR count). The van der Waals surface area contributed by atoms with Crippen molar-refractivity contribution in [1.82, 2.24) is 4.90 Å². The van der Waals surface area contributed by atoms with Crippen molar-refractivity contribution in [3.8, 4) is 0 Å². The predicted molar refractivity (Wildman–Crippen MR) is 81.2 cm³/mol. The van der Waals surface area contributed by atoms with E-state index < -0.39 is 0 Å². The van der Waals surface area contributed by atoms with Gasteiger partial charge in [-0.05, 0) is 51.2 Å². The van der Waals surface area contributed by atoms with Gasteiger partial charge in [-0.25, -0.2) is 0 Å². The Bertz CT molecular complexity index is 327. The van der Waals surface area contributed by atoms with Crippen molar-refractivity contribution >= 4 is 0 Å². The maximum Gasteiger partial charge on any atom is 0.00414 e. The van der Waals surface area contributed by atoms with E-state index in [1.165, 1.54) is 11.1 Å². The van der Waals surface area contributed by atoms with Gasteiger partial charge in [-0.2, -0.15) is 0 Å². The average Bonchev–Trinajstić information content (AvgIpc) is 2.28. The molecule has 0 heterocycles. The predicted octanol–water partition coefficient (Wildman–Crippen LogP) is 4.47. The van der Waals surface area contributed by atoms with Gasteiger partial charge in [-0.3, -0.25) is 4.90 Å². The number of rotatable bonds is 6. The van der Waals surface area contributed by atoms with Crippen molar-refractivity contribution < 1.29 is 0 Å². The molecule has 0 saturated carbocycles. The molecule has 0 N–H and O–H groups in total. The van der Waals surface area contributed by atoms with Crippen LogP contribution < -0.4 is 0 Å². The first kappa shape index (κ1) is 15.2. The lowest BCUT2D eigenvalue weighted by molar-refractivity contribution is 0.177. The van der Waals surface area contributed by atoms with Gasteiger partial charge in [-0.15, -0.1) is 0 Å². The SMILES string of the molecule is CC(C)c1ccc(CCN(C(C)C)C(C)C)cc1. The van der Waals surface area contributed by atoms with Gasteiger partial charge in [-0.1, -0.05) is 38.1 Å². The Kier molecular flexibility index (Phi) is 5.87. The molecular weight excluding hydrogens is 218 g/mol. The van der Waals surface area contributed by atoms with Crippen LogP contribution >= 0.6 is 0 Å². The summed E-state index contributed by atoms with van der Waals surface area (Å²) in [5.74, 6) is 0.627. The zero-order valence-corrected chi connectivity index (χ0v) is 12.9. The Morgan fingerprint density at radius 1 is 0.833 bits per heavy atom. The van der Waals surface area contributed by atoms with Gasteiger partial charge in [0, 0.05) is 18.6 Å². The number of nitrogens with zero attached hydrogens (tertiary/aromatic N) is 1. The number of hydrogen-bond donors (Lipinski definition) is 0. The van der Waals surface area contributed by atoms with Gasteiger partial charge in [0.1, 0.15) is 0 Å². The summed E-state index contributed by atoms with van der Waals surface area (Å²) in [5.41, 5.74) is 2.88. The fourth-order valence-electron chi connectivity index (χ4n) is 2.44. The minimum Gasteiger partial charge on any atom is -0.298 e. The topological polar surface area (TPSA) is 3.24 Å². The quantitative estimate of drug-likeness (QED) is 0.717. The molecule has 18 heavy (non-hydrogen) atoms. The molecule has 0 aliphatic carbocycles. The molecule has 1 aromatic rings. The van der Waals surface area contributed by atoms with Gasteiger partial charge in [0.2, 0.25) is 0 Å². The van der Waals surface area contributed by atoms with Gasteiger partial charge in [0.05, 0.1) is 0 Å². The molecule has 0 bridgehead atoms. The monoisotopic (exact) mass is 247 g/mol. The summed E-state index contributed by atoms with van der Waals surface area (Å²) in [6.07, 6.45) is 1.15. The Morgan fingerprint density at radius 2 is 1.33 bits per heavy atom. The summed E-state index contributed by atoms with van der Waals surface area (Å²) in [6.45, 7) is 14.8. The molecular formula is C17H29N. The summed E-state index contributed by atoms with van der Waals surface area (Å²) >= 11 is 0. The molecule has 1 aromatic carbocycles. The zero-order valence-electron chi connectivity index (χ0n) is 12.9. The standard InChI is InChI=1S/C17H29N/c1-13(2)17-9-7-16(8-10-17)11-12-18(14(3)4)15(5)6/h7-10,13-15H,11-12H2,1-6H3. The van der Waals surface area contributed by atoms with Crippen molar-refractivity contribution in [3.63, 3.8) is 0 Å². The van der Waals surface area contributed by atoms with Crippen LogP contribution in [-0.2, 0) is 6.42 Å². The van der Waals surface area contributed by atoms with Gasteiger partial charge >= 0.3 is 0 Å². The van der Waals surface area contributed by atoms with Crippen molar-refractivity contribution in [3.05, 3.63) is 35.4 Å². The first-order valence-corrected chi connectivity index (χ1v) is 7.26. The van der Waals surface area contributed by atoms with E-state index in [2.05, 4.69) is 70.7 Å². The molecule has 1 heteroatoms. The summed E-state index contributed by atoms with van der Waals surface area (Å²) in [4.78, 5) is 2.55. The van der Waals surface area contributed by atoms with Crippen LogP contribution in [0.3, 0.4) is 0 Å². The second-order valence-corrected chi connectivity index (χ2v) is 6.07. The van der Waals surface area contributed by atoms with Gasteiger partial charge in [0.15, 0.2) is 0 Å². The Balaban J connectivity index is 2.57. The van der Waals surface area contributed by atoms with E-state index in [0.29, 0.717) is 18.0 Å². The highest BCUT2D eigenvalue weighted by Crippen LogP contribution is 2.15. The highest BCUT2D eigenvalue weighted by molar-refractivity contribution is 5.24. The molecule has 0 aromatic heterocycles. The molecule has 0 aliphatic rings. The van der Waals surface area contributed by atoms with Crippen molar-refractivity contribution in [2.75, 3.05) is 6.54 Å². The summed E-state index contributed by atoms with van der Waals surface area (Å²) in [5, 5.41) is 0. The second kappa shape index (κ2) is 6.94. The third kappa shape index (κ3) is 4.45. The lowest BCUT2D eigenvalue weighted by atomic mass is 10.0. The Hall–Kier alpha value is -0.820. The first-order chi connectivity index (χ1) is 8.41. The number of hydrogen-bond acceptors (Lipinski definition) is 1. The van der Waals surface area contributed by atoms with Gasteiger partial charge in [0.25, 0.3) is 0 Å². The lowest BCUT2D eigenvalue weighted by Gasteiger charge is -2.30. The molecule has 0 aliphatic heterocycles. The van der Waals surface area contributed by atoms with E-state index in [-0.39, 0.29) is 0 Å². The second-order valence-electron chi connectivity index (χ2n) is 6.07. The molecule has 0 atom stereocenters. The minimum absolute atomic E-state index is 0.625. The van der Waals surface area contributed by atoms with E-state index in [0.717, 1.165) is 13.0 Å². The van der Waals surface area contributed by atoms with E-state index in [4.69, 9.17) is 0 Å². The molecule has 0 unspecified atom stereocenters. The Labute approximate surface area is 113 Å². The highest BCUT2D eigenvalue weighted by atomic mass is 15.2. The van der Waals surface area contributed by atoms with E-state index in [1.54, 1.807) is 0 Å². The van der Waals surface area contributed by atoms with Gasteiger partial charge < -0.3 is 0 Å². The van der Waals surface area contributed by atoms with Crippen LogP contribution in [0.2, 0.25) is 0 Å². The van der Waals surface area contributed by atoms with Crippen molar-refractivity contribution in [1.29, 1.82) is 0 Å². The number of benzene rings is 1. The van der Waals surface area contributed by atoms with E-state index >= 15 is 0 Å². The van der Waals surface area contributed by atoms with Crippen LogP contribution in [0.15, 0.2) is 24.3 Å². The smallest absolute Gasteiger partial charge is 0.00414 e. The van der Waals surface area contributed by atoms with Crippen LogP contribution in [-0.4, -0.2) is 23.5 Å². The van der Waals surface area contributed by atoms with Crippen LogP contribution in [0.25, 0.3) is 0 Å². The molecule has 0 spiro atoms. The molecule has 0 saturated heterocycles. The Morgan fingerprint density at radius 3 is 1.72 bits per heavy atom. The lowest BCUT2D eigenvalue weighted by Crippen LogP contribution is -2.38. The molecule has 1 nitrogen and oxygen atoms in total. The fourth-order valence-corrected chi connectivity index (χ4v) is 2.44. The molecule has 0 radical (unpaired) electrons. The molecule has 102 valence electrons. The normalized spacial score (nSPS) is 12.1. The van der Waals surface area contributed by atoms with Crippen LogP contribution in [0, 0.1) is 0 Å².